The molecule has 1 N–H and O–H groups in total. The Morgan fingerprint density at radius 1 is 1.08 bits per heavy atom. The Morgan fingerprint density at radius 2 is 1.75 bits per heavy atom. The van der Waals surface area contributed by atoms with E-state index in [9.17, 15) is 0 Å². The maximum Gasteiger partial charge on any atom is 0.173 e. The summed E-state index contributed by atoms with van der Waals surface area (Å²) in [6.45, 7) is 7.01. The molecule has 2 fully saturated rings. The number of anilines is 1. The second-order valence-corrected chi connectivity index (χ2v) is 7.09. The zero-order valence-electron chi connectivity index (χ0n) is 14.7. The van der Waals surface area contributed by atoms with E-state index in [1.54, 1.807) is 0 Å². The number of thiocarbonyl (C=S) groups is 1. The van der Waals surface area contributed by atoms with Crippen molar-refractivity contribution < 1.29 is 4.74 Å². The molecule has 0 radical (unpaired) electrons. The molecule has 24 heavy (non-hydrogen) atoms. The maximum absolute atomic E-state index is 5.60. The van der Waals surface area contributed by atoms with Gasteiger partial charge in [-0.3, -0.25) is 4.90 Å². The summed E-state index contributed by atoms with van der Waals surface area (Å²) in [6.07, 6.45) is 7.00. The molecule has 1 aliphatic heterocycles. The summed E-state index contributed by atoms with van der Waals surface area (Å²) in [5, 5.41) is 4.19. The molecule has 0 spiro atoms. The van der Waals surface area contributed by atoms with Gasteiger partial charge in [-0.1, -0.05) is 19.3 Å². The first-order chi connectivity index (χ1) is 11.8. The molecule has 1 aromatic carbocycles. The fourth-order valence-corrected chi connectivity index (χ4v) is 4.04. The number of hydrogen-bond donors (Lipinski definition) is 1. The van der Waals surface area contributed by atoms with Gasteiger partial charge in [-0.05, 0) is 56.2 Å². The minimum absolute atomic E-state index is 0.691. The molecular formula is C19H29N3OS. The summed E-state index contributed by atoms with van der Waals surface area (Å²) in [4.78, 5) is 4.97. The number of rotatable bonds is 4. The monoisotopic (exact) mass is 347 g/mol. The van der Waals surface area contributed by atoms with Crippen LogP contribution in [0.1, 0.15) is 39.0 Å². The topological polar surface area (TPSA) is 27.7 Å². The molecule has 0 atom stereocenters. The van der Waals surface area contributed by atoms with Crippen molar-refractivity contribution in [3.8, 4) is 5.75 Å². The van der Waals surface area contributed by atoms with Crippen LogP contribution in [0.2, 0.25) is 0 Å². The highest BCUT2D eigenvalue weighted by Crippen LogP contribution is 2.23. The van der Waals surface area contributed by atoms with Gasteiger partial charge in [-0.25, -0.2) is 0 Å². The molecule has 4 nitrogen and oxygen atoms in total. The molecule has 0 amide bonds. The average molecular weight is 348 g/mol. The largest absolute Gasteiger partial charge is 0.494 e. The van der Waals surface area contributed by atoms with Crippen LogP contribution < -0.4 is 10.1 Å². The lowest BCUT2D eigenvalue weighted by atomic mass is 9.94. The van der Waals surface area contributed by atoms with E-state index < -0.39 is 0 Å². The molecule has 0 bridgehead atoms. The molecule has 1 saturated heterocycles. The first kappa shape index (κ1) is 17.5. The van der Waals surface area contributed by atoms with Gasteiger partial charge in [0, 0.05) is 37.9 Å². The van der Waals surface area contributed by atoms with E-state index >= 15 is 0 Å². The standard InChI is InChI=1S/C19H29N3OS/c1-2-23-18-10-8-16(9-11-18)20-19(24)22-14-12-21(13-15-22)17-6-4-3-5-7-17/h8-11,17H,2-7,12-15H2,1H3,(H,20,24). The molecule has 132 valence electrons. The fourth-order valence-electron chi connectivity index (χ4n) is 3.74. The Bertz CT molecular complexity index is 520. The summed E-state index contributed by atoms with van der Waals surface area (Å²) in [5.41, 5.74) is 1.03. The van der Waals surface area contributed by atoms with Crippen molar-refractivity contribution in [2.75, 3.05) is 38.1 Å². The number of piperazine rings is 1. The Balaban J connectivity index is 1.46. The minimum Gasteiger partial charge on any atom is -0.494 e. The van der Waals surface area contributed by atoms with E-state index in [1.807, 2.05) is 31.2 Å². The van der Waals surface area contributed by atoms with Gasteiger partial charge in [0.1, 0.15) is 5.75 Å². The van der Waals surface area contributed by atoms with Crippen LogP contribution >= 0.6 is 12.2 Å². The van der Waals surface area contributed by atoms with Crippen LogP contribution in [0.15, 0.2) is 24.3 Å². The molecule has 2 aliphatic rings. The summed E-state index contributed by atoms with van der Waals surface area (Å²) in [7, 11) is 0. The van der Waals surface area contributed by atoms with Crippen molar-refractivity contribution in [1.82, 2.24) is 9.80 Å². The predicted octanol–water partition coefficient (Wildman–Crippen LogP) is 3.73. The highest BCUT2D eigenvalue weighted by molar-refractivity contribution is 7.80. The van der Waals surface area contributed by atoms with Crippen molar-refractivity contribution in [3.63, 3.8) is 0 Å². The SMILES string of the molecule is CCOc1ccc(NC(=S)N2CCN(C3CCCCC3)CC2)cc1. The van der Waals surface area contributed by atoms with Crippen LogP contribution in [0.25, 0.3) is 0 Å². The Hall–Kier alpha value is -1.33. The highest BCUT2D eigenvalue weighted by atomic mass is 32.1. The van der Waals surface area contributed by atoms with E-state index in [2.05, 4.69) is 15.1 Å². The zero-order valence-corrected chi connectivity index (χ0v) is 15.5. The first-order valence-corrected chi connectivity index (χ1v) is 9.70. The van der Waals surface area contributed by atoms with Gasteiger partial charge < -0.3 is 15.0 Å². The van der Waals surface area contributed by atoms with Crippen LogP contribution in [-0.2, 0) is 0 Å². The van der Waals surface area contributed by atoms with Crippen molar-refractivity contribution in [3.05, 3.63) is 24.3 Å². The van der Waals surface area contributed by atoms with Gasteiger partial charge in [-0.15, -0.1) is 0 Å². The van der Waals surface area contributed by atoms with Crippen LogP contribution in [0.4, 0.5) is 5.69 Å². The molecule has 1 saturated carbocycles. The van der Waals surface area contributed by atoms with Gasteiger partial charge in [0.2, 0.25) is 0 Å². The summed E-state index contributed by atoms with van der Waals surface area (Å²) in [6, 6.07) is 8.82. The van der Waals surface area contributed by atoms with Crippen LogP contribution in [0.3, 0.4) is 0 Å². The van der Waals surface area contributed by atoms with E-state index in [-0.39, 0.29) is 0 Å². The first-order valence-electron chi connectivity index (χ1n) is 9.29. The summed E-state index contributed by atoms with van der Waals surface area (Å²) < 4.78 is 5.47. The van der Waals surface area contributed by atoms with Crippen molar-refractivity contribution in [2.45, 2.75) is 45.1 Å². The number of ether oxygens (including phenoxy) is 1. The van der Waals surface area contributed by atoms with E-state index in [0.29, 0.717) is 6.61 Å². The van der Waals surface area contributed by atoms with Gasteiger partial charge in [-0.2, -0.15) is 0 Å². The normalized spacial score (nSPS) is 20.0. The molecule has 1 aromatic rings. The number of benzene rings is 1. The van der Waals surface area contributed by atoms with Crippen molar-refractivity contribution in [2.24, 2.45) is 0 Å². The van der Waals surface area contributed by atoms with E-state index in [1.165, 1.54) is 32.1 Å². The number of nitrogens with zero attached hydrogens (tertiary/aromatic N) is 2. The highest BCUT2D eigenvalue weighted by Gasteiger charge is 2.25. The van der Waals surface area contributed by atoms with Crippen LogP contribution in [-0.4, -0.2) is 53.7 Å². The predicted molar refractivity (Wildman–Crippen MR) is 104 cm³/mol. The van der Waals surface area contributed by atoms with Gasteiger partial charge in [0.15, 0.2) is 5.11 Å². The number of hydrogen-bond acceptors (Lipinski definition) is 3. The third kappa shape index (κ3) is 4.61. The lowest BCUT2D eigenvalue weighted by molar-refractivity contribution is 0.108. The Labute approximate surface area is 151 Å². The molecule has 0 unspecified atom stereocenters. The second-order valence-electron chi connectivity index (χ2n) is 6.70. The van der Waals surface area contributed by atoms with Gasteiger partial charge in [0.05, 0.1) is 6.61 Å². The molecule has 0 aromatic heterocycles. The van der Waals surface area contributed by atoms with Crippen molar-refractivity contribution in [1.29, 1.82) is 0 Å². The smallest absolute Gasteiger partial charge is 0.173 e. The van der Waals surface area contributed by atoms with Gasteiger partial charge >= 0.3 is 0 Å². The fraction of sp³-hybridized carbons (Fsp3) is 0.632. The van der Waals surface area contributed by atoms with Gasteiger partial charge in [0.25, 0.3) is 0 Å². The van der Waals surface area contributed by atoms with E-state index in [4.69, 9.17) is 17.0 Å². The zero-order chi connectivity index (χ0) is 16.8. The molecule has 5 heteroatoms. The summed E-state index contributed by atoms with van der Waals surface area (Å²) >= 11 is 5.60. The van der Waals surface area contributed by atoms with Crippen LogP contribution in [0.5, 0.6) is 5.75 Å². The third-order valence-corrected chi connectivity index (χ3v) is 5.47. The quantitative estimate of drug-likeness (QED) is 0.838. The maximum atomic E-state index is 5.60. The molecular weight excluding hydrogens is 318 g/mol. The molecule has 1 aliphatic carbocycles. The van der Waals surface area contributed by atoms with E-state index in [0.717, 1.165) is 48.8 Å². The van der Waals surface area contributed by atoms with Crippen LogP contribution in [0, 0.1) is 0 Å². The third-order valence-electron chi connectivity index (χ3n) is 5.11. The Kier molecular flexibility index (Phi) is 6.32. The summed E-state index contributed by atoms with van der Waals surface area (Å²) in [5.74, 6) is 0.898. The molecule has 3 rings (SSSR count). The second kappa shape index (κ2) is 8.67. The lowest BCUT2D eigenvalue weighted by Crippen LogP contribution is -2.53. The lowest BCUT2D eigenvalue weighted by Gasteiger charge is -2.41. The average Bonchev–Trinajstić information content (AvgIpc) is 2.64. The number of nitrogens with one attached hydrogen (secondary N) is 1. The van der Waals surface area contributed by atoms with Crippen molar-refractivity contribution >= 4 is 23.0 Å². The molecule has 1 heterocycles. The Morgan fingerprint density at radius 3 is 2.38 bits per heavy atom. The minimum atomic E-state index is 0.691.